The number of aromatic nitrogens is 2. The highest BCUT2D eigenvalue weighted by molar-refractivity contribution is 9.10. The van der Waals surface area contributed by atoms with Crippen LogP contribution < -0.4 is 0 Å². The summed E-state index contributed by atoms with van der Waals surface area (Å²) >= 11 is 3.46. The lowest BCUT2D eigenvalue weighted by atomic mass is 9.79. The lowest BCUT2D eigenvalue weighted by Crippen LogP contribution is -2.26. The minimum Gasteiger partial charge on any atom is -0.399 e. The van der Waals surface area contributed by atoms with Crippen LogP contribution in [0.25, 0.3) is 11.3 Å². The molecular weight excluding hydrogens is 354 g/mol. The summed E-state index contributed by atoms with van der Waals surface area (Å²) < 4.78 is 1.05. The van der Waals surface area contributed by atoms with E-state index in [0.717, 1.165) is 45.5 Å². The number of fused-ring (bicyclic) bond motifs is 1. The van der Waals surface area contributed by atoms with Gasteiger partial charge in [0.2, 0.25) is 0 Å². The molecule has 2 aromatic rings. The molecule has 4 nitrogen and oxygen atoms in total. The molecule has 1 aliphatic carbocycles. The van der Waals surface area contributed by atoms with E-state index in [2.05, 4.69) is 51.2 Å². The van der Waals surface area contributed by atoms with Crippen molar-refractivity contribution in [2.24, 2.45) is 17.0 Å². The van der Waals surface area contributed by atoms with Gasteiger partial charge < -0.3 is 4.84 Å². The highest BCUT2D eigenvalue weighted by Gasteiger charge is 2.28. The van der Waals surface area contributed by atoms with Crippen molar-refractivity contribution in [1.82, 2.24) is 10.2 Å². The van der Waals surface area contributed by atoms with E-state index in [1.807, 2.05) is 24.3 Å². The van der Waals surface area contributed by atoms with Gasteiger partial charge in [-0.25, -0.2) is 0 Å². The number of benzene rings is 1. The molecule has 1 aromatic carbocycles. The summed E-state index contributed by atoms with van der Waals surface area (Å²) in [7, 11) is 1.59. The monoisotopic (exact) mass is 373 g/mol. The largest absolute Gasteiger partial charge is 0.399 e. The summed E-state index contributed by atoms with van der Waals surface area (Å²) in [5.41, 5.74) is 4.97. The maximum Gasteiger partial charge on any atom is 0.106 e. The zero-order valence-electron chi connectivity index (χ0n) is 13.6. The van der Waals surface area contributed by atoms with Gasteiger partial charge in [0.1, 0.15) is 7.11 Å². The smallest absolute Gasteiger partial charge is 0.106 e. The van der Waals surface area contributed by atoms with Gasteiger partial charge in [0.05, 0.1) is 17.1 Å². The molecule has 3 rings (SSSR count). The molecule has 0 N–H and O–H groups in total. The number of hydrogen-bond acceptors (Lipinski definition) is 4. The fourth-order valence-electron chi connectivity index (χ4n) is 2.93. The number of nitrogens with zero attached hydrogens (tertiary/aromatic N) is 3. The standard InChI is InChI=1S/C18H20BrN3O/c1-11(2)13-8-17-15(18(9-13)22-23-3)10-16(20-21-17)12-4-6-14(19)7-5-12/h4-7,10-11,13H,8-9H2,1-3H3/b22-18+/t13-/m0/s1. The minimum atomic E-state index is 0.532. The van der Waals surface area contributed by atoms with Crippen LogP contribution in [0.3, 0.4) is 0 Å². The van der Waals surface area contributed by atoms with Crippen LogP contribution in [0.5, 0.6) is 0 Å². The Labute approximate surface area is 145 Å². The average molecular weight is 374 g/mol. The van der Waals surface area contributed by atoms with Gasteiger partial charge in [0.25, 0.3) is 0 Å². The topological polar surface area (TPSA) is 47.4 Å². The van der Waals surface area contributed by atoms with Gasteiger partial charge in [0, 0.05) is 15.6 Å². The van der Waals surface area contributed by atoms with Gasteiger partial charge in [-0.3, -0.25) is 0 Å². The predicted molar refractivity (Wildman–Crippen MR) is 95.4 cm³/mol. The molecule has 0 saturated heterocycles. The third-order valence-corrected chi connectivity index (χ3v) is 4.91. The molecule has 0 aliphatic heterocycles. The SMILES string of the molecule is CO/N=C1\C[C@@H](C(C)C)Cc2nnc(-c3ccc(Br)cc3)cc21. The summed E-state index contributed by atoms with van der Waals surface area (Å²) in [6, 6.07) is 10.2. The van der Waals surface area contributed by atoms with Gasteiger partial charge in [-0.1, -0.05) is 47.1 Å². The van der Waals surface area contributed by atoms with Crippen LogP contribution in [0.1, 0.15) is 31.5 Å². The molecule has 0 saturated carbocycles. The third-order valence-electron chi connectivity index (χ3n) is 4.38. The summed E-state index contributed by atoms with van der Waals surface area (Å²) in [6.45, 7) is 4.48. The van der Waals surface area contributed by atoms with E-state index in [-0.39, 0.29) is 0 Å². The van der Waals surface area contributed by atoms with Crippen molar-refractivity contribution in [3.05, 3.63) is 46.1 Å². The van der Waals surface area contributed by atoms with E-state index in [0.29, 0.717) is 11.8 Å². The van der Waals surface area contributed by atoms with Crippen molar-refractivity contribution < 1.29 is 4.84 Å². The van der Waals surface area contributed by atoms with Crippen molar-refractivity contribution in [3.8, 4) is 11.3 Å². The average Bonchev–Trinajstić information content (AvgIpc) is 2.55. The van der Waals surface area contributed by atoms with Crippen LogP contribution >= 0.6 is 15.9 Å². The van der Waals surface area contributed by atoms with Crippen molar-refractivity contribution in [3.63, 3.8) is 0 Å². The highest BCUT2D eigenvalue weighted by Crippen LogP contribution is 2.31. The van der Waals surface area contributed by atoms with Crippen molar-refractivity contribution in [2.75, 3.05) is 7.11 Å². The maximum atomic E-state index is 5.06. The lowest BCUT2D eigenvalue weighted by molar-refractivity contribution is 0.211. The van der Waals surface area contributed by atoms with Crippen molar-refractivity contribution in [1.29, 1.82) is 0 Å². The summed E-state index contributed by atoms with van der Waals surface area (Å²) in [6.07, 6.45) is 1.87. The molecule has 1 atom stereocenters. The molecule has 0 radical (unpaired) electrons. The van der Waals surface area contributed by atoms with Crippen LogP contribution in [0.15, 0.2) is 40.0 Å². The van der Waals surface area contributed by atoms with E-state index in [4.69, 9.17) is 4.84 Å². The Bertz CT molecular complexity index is 726. The third kappa shape index (κ3) is 3.44. The minimum absolute atomic E-state index is 0.532. The van der Waals surface area contributed by atoms with Gasteiger partial charge in [0.15, 0.2) is 0 Å². The van der Waals surface area contributed by atoms with Crippen LogP contribution in [0.2, 0.25) is 0 Å². The van der Waals surface area contributed by atoms with Crippen molar-refractivity contribution >= 4 is 21.6 Å². The molecule has 0 amide bonds. The quantitative estimate of drug-likeness (QED) is 0.745. The molecule has 1 heterocycles. The molecule has 23 heavy (non-hydrogen) atoms. The molecule has 0 bridgehead atoms. The Kier molecular flexibility index (Phi) is 4.76. The second kappa shape index (κ2) is 6.79. The fraction of sp³-hybridized carbons (Fsp3) is 0.389. The molecule has 0 spiro atoms. The molecule has 0 fully saturated rings. The van der Waals surface area contributed by atoms with Gasteiger partial charge in [-0.05, 0) is 42.9 Å². The normalized spacial score (nSPS) is 19.0. The fourth-order valence-corrected chi connectivity index (χ4v) is 3.19. The number of oxime groups is 1. The molecule has 1 aliphatic rings. The van der Waals surface area contributed by atoms with Crippen LogP contribution in [0.4, 0.5) is 0 Å². The predicted octanol–water partition coefficient (Wildman–Crippen LogP) is 4.48. The van der Waals surface area contributed by atoms with Crippen LogP contribution in [0, 0.1) is 11.8 Å². The highest BCUT2D eigenvalue weighted by atomic mass is 79.9. The maximum absolute atomic E-state index is 5.06. The first kappa shape index (κ1) is 16.1. The van der Waals surface area contributed by atoms with E-state index < -0.39 is 0 Å². The molecule has 1 aromatic heterocycles. The van der Waals surface area contributed by atoms with Gasteiger partial charge in [-0.2, -0.15) is 10.2 Å². The van der Waals surface area contributed by atoms with Gasteiger partial charge in [-0.15, -0.1) is 0 Å². The van der Waals surface area contributed by atoms with Gasteiger partial charge >= 0.3 is 0 Å². The van der Waals surface area contributed by atoms with Crippen molar-refractivity contribution in [2.45, 2.75) is 26.7 Å². The van der Waals surface area contributed by atoms with E-state index >= 15 is 0 Å². The lowest BCUT2D eigenvalue weighted by Gasteiger charge is -2.27. The molecule has 5 heteroatoms. The van der Waals surface area contributed by atoms with E-state index in [9.17, 15) is 0 Å². The second-order valence-electron chi connectivity index (χ2n) is 6.23. The zero-order chi connectivity index (χ0) is 16.4. The van der Waals surface area contributed by atoms with E-state index in [1.54, 1.807) is 7.11 Å². The summed E-state index contributed by atoms with van der Waals surface area (Å²) in [5.74, 6) is 1.11. The first-order valence-electron chi connectivity index (χ1n) is 7.81. The molecular formula is C18H20BrN3O. The Morgan fingerprint density at radius 2 is 1.91 bits per heavy atom. The first-order chi connectivity index (χ1) is 11.1. The number of halogens is 1. The Morgan fingerprint density at radius 3 is 2.57 bits per heavy atom. The van der Waals surface area contributed by atoms with Crippen LogP contribution in [-0.2, 0) is 11.3 Å². The molecule has 120 valence electrons. The summed E-state index contributed by atoms with van der Waals surface area (Å²) in [4.78, 5) is 5.06. The Balaban J connectivity index is 2.02. The number of hydrogen-bond donors (Lipinski definition) is 0. The Hall–Kier alpha value is -1.75. The van der Waals surface area contributed by atoms with Crippen LogP contribution in [-0.4, -0.2) is 23.0 Å². The Morgan fingerprint density at radius 1 is 1.17 bits per heavy atom. The van der Waals surface area contributed by atoms with E-state index in [1.165, 1.54) is 0 Å². The zero-order valence-corrected chi connectivity index (χ0v) is 15.2. The molecule has 0 unspecified atom stereocenters. The first-order valence-corrected chi connectivity index (χ1v) is 8.60. The summed E-state index contributed by atoms with van der Waals surface area (Å²) in [5, 5.41) is 13.2. The second-order valence-corrected chi connectivity index (χ2v) is 7.15. The number of rotatable bonds is 3.